The first kappa shape index (κ1) is 18.7. The van der Waals surface area contributed by atoms with Crippen LogP contribution in [-0.4, -0.2) is 46.6 Å². The number of aromatic nitrogens is 2. The van der Waals surface area contributed by atoms with Gasteiger partial charge in [-0.2, -0.15) is 5.26 Å². The zero-order valence-corrected chi connectivity index (χ0v) is 16.2. The monoisotopic (exact) mass is 391 g/mol. The van der Waals surface area contributed by atoms with Gasteiger partial charge in [-0.05, 0) is 44.5 Å². The highest BCUT2D eigenvalue weighted by Gasteiger charge is 2.40. The quantitative estimate of drug-likeness (QED) is 0.828. The predicted octanol–water partition coefficient (Wildman–Crippen LogP) is 2.14. The zero-order chi connectivity index (χ0) is 20.6. The van der Waals surface area contributed by atoms with Crippen molar-refractivity contribution < 1.29 is 9.59 Å². The van der Waals surface area contributed by atoms with Crippen LogP contribution in [0.25, 0.3) is 0 Å². The Morgan fingerprint density at radius 1 is 1.28 bits per heavy atom. The largest absolute Gasteiger partial charge is 0.366 e. The van der Waals surface area contributed by atoms with Gasteiger partial charge in [-0.3, -0.25) is 15.0 Å². The van der Waals surface area contributed by atoms with Gasteiger partial charge in [-0.1, -0.05) is 6.07 Å². The molecule has 2 aromatic heterocycles. The molecule has 1 saturated heterocycles. The second kappa shape index (κ2) is 7.05. The number of pyridine rings is 2. The molecule has 0 aliphatic carbocycles. The summed E-state index contributed by atoms with van der Waals surface area (Å²) in [4.78, 5) is 38.0. The van der Waals surface area contributed by atoms with Crippen LogP contribution in [-0.2, 0) is 0 Å². The number of carbonyl (C=O) groups excluding carboxylic acids is 2. The molecule has 2 bridgehead atoms. The lowest BCUT2D eigenvalue weighted by Crippen LogP contribution is -2.49. The molecule has 0 saturated carbocycles. The second-order valence-corrected chi connectivity index (χ2v) is 7.63. The Hall–Kier alpha value is -3.67. The Morgan fingerprint density at radius 2 is 2.10 bits per heavy atom. The maximum absolute atomic E-state index is 13.0. The third-order valence-electron chi connectivity index (χ3n) is 5.01. The summed E-state index contributed by atoms with van der Waals surface area (Å²) in [5.41, 5.74) is -0.0519. The number of urea groups is 1. The van der Waals surface area contributed by atoms with E-state index in [2.05, 4.69) is 25.5 Å². The fourth-order valence-corrected chi connectivity index (χ4v) is 3.58. The third kappa shape index (κ3) is 3.57. The van der Waals surface area contributed by atoms with Crippen molar-refractivity contribution >= 4 is 29.3 Å². The van der Waals surface area contributed by atoms with Gasteiger partial charge >= 0.3 is 6.03 Å². The lowest BCUT2D eigenvalue weighted by atomic mass is 10.1. The summed E-state index contributed by atoms with van der Waals surface area (Å²) in [5, 5.41) is 14.6. The normalized spacial score (nSPS) is 17.3. The van der Waals surface area contributed by atoms with E-state index in [1.54, 1.807) is 55.3 Å². The summed E-state index contributed by atoms with van der Waals surface area (Å²) in [6.07, 6.45) is 2.42. The van der Waals surface area contributed by atoms with Gasteiger partial charge in [0, 0.05) is 19.3 Å². The van der Waals surface area contributed by atoms with E-state index in [-0.39, 0.29) is 17.8 Å². The summed E-state index contributed by atoms with van der Waals surface area (Å²) in [7, 11) is 0. The fourth-order valence-electron chi connectivity index (χ4n) is 3.58. The Kier molecular flexibility index (Phi) is 4.54. The van der Waals surface area contributed by atoms with E-state index in [0.717, 1.165) is 25.2 Å². The van der Waals surface area contributed by atoms with Gasteiger partial charge < -0.3 is 10.2 Å². The van der Waals surface area contributed by atoms with Crippen LogP contribution in [0.1, 0.15) is 30.8 Å². The summed E-state index contributed by atoms with van der Waals surface area (Å²) < 4.78 is 0. The first-order valence-electron chi connectivity index (χ1n) is 9.39. The van der Waals surface area contributed by atoms with E-state index < -0.39 is 11.4 Å². The molecule has 2 aliphatic rings. The smallest absolute Gasteiger partial charge is 0.329 e. The lowest BCUT2D eigenvalue weighted by molar-refractivity contribution is 0.0924. The number of rotatable bonds is 3. The van der Waals surface area contributed by atoms with Crippen LogP contribution in [0.15, 0.2) is 36.5 Å². The molecule has 29 heavy (non-hydrogen) atoms. The summed E-state index contributed by atoms with van der Waals surface area (Å²) in [5.74, 6) is 0.427. The molecule has 4 heterocycles. The van der Waals surface area contributed by atoms with Crippen molar-refractivity contribution in [3.05, 3.63) is 42.2 Å². The number of nitriles is 1. The molecule has 0 spiro atoms. The van der Waals surface area contributed by atoms with Crippen molar-refractivity contribution in [1.29, 1.82) is 5.26 Å². The van der Waals surface area contributed by atoms with Gasteiger partial charge in [0.1, 0.15) is 17.1 Å². The molecular weight excluding hydrogens is 370 g/mol. The van der Waals surface area contributed by atoms with Gasteiger partial charge in [0.05, 0.1) is 17.8 Å². The van der Waals surface area contributed by atoms with Crippen molar-refractivity contribution in [1.82, 2.24) is 15.3 Å². The Morgan fingerprint density at radius 3 is 2.83 bits per heavy atom. The minimum Gasteiger partial charge on any atom is -0.366 e. The van der Waals surface area contributed by atoms with Crippen molar-refractivity contribution in [3.8, 4) is 6.07 Å². The van der Waals surface area contributed by atoms with Crippen LogP contribution in [0.2, 0.25) is 0 Å². The van der Waals surface area contributed by atoms with Gasteiger partial charge in [0.2, 0.25) is 0 Å². The van der Waals surface area contributed by atoms with Crippen molar-refractivity contribution in [3.63, 3.8) is 0 Å². The molecule has 3 amide bonds. The number of carbonyl (C=O) groups is 2. The number of hydrogen-bond donors (Lipinski definition) is 2. The summed E-state index contributed by atoms with van der Waals surface area (Å²) in [6.45, 7) is 4.76. The molecule has 0 aromatic carbocycles. The van der Waals surface area contributed by atoms with Crippen LogP contribution in [0.4, 0.5) is 22.1 Å². The molecule has 1 fully saturated rings. The zero-order valence-electron chi connectivity index (χ0n) is 16.2. The molecule has 9 nitrogen and oxygen atoms in total. The van der Waals surface area contributed by atoms with Crippen LogP contribution in [0.3, 0.4) is 0 Å². The standard InChI is InChI=1S/C20H21N7O2/c1-20(2,12-21)25-18(28)14-6-7-15-17(23-14)27(13-8-10-26(15)11-13)19(29)24-16-5-3-4-9-22-16/h3-7,9,13H,8,10-11H2,1-2H3,(H,25,28)(H,22,24,29)/t13-/m0/s1. The van der Waals surface area contributed by atoms with Gasteiger partial charge in [0.15, 0.2) is 5.82 Å². The molecule has 148 valence electrons. The van der Waals surface area contributed by atoms with Gasteiger partial charge in [-0.25, -0.2) is 14.8 Å². The maximum Gasteiger partial charge on any atom is 0.329 e. The minimum absolute atomic E-state index is 0.0347. The summed E-state index contributed by atoms with van der Waals surface area (Å²) >= 11 is 0. The van der Waals surface area contributed by atoms with Crippen LogP contribution >= 0.6 is 0 Å². The third-order valence-corrected chi connectivity index (χ3v) is 5.01. The number of nitrogens with one attached hydrogen (secondary N) is 2. The minimum atomic E-state index is -1.02. The Balaban J connectivity index is 1.66. The van der Waals surface area contributed by atoms with E-state index in [1.165, 1.54) is 0 Å². The fraction of sp³-hybridized carbons (Fsp3) is 0.350. The molecular formula is C20H21N7O2. The SMILES string of the molecule is CC(C)(C#N)NC(=O)c1ccc2c(n1)N(C(=O)Nc1ccccn1)[C@H]1CCN2C1. The van der Waals surface area contributed by atoms with E-state index in [4.69, 9.17) is 5.26 Å². The number of fused-ring (bicyclic) bond motifs is 4. The Bertz CT molecular complexity index is 1000. The summed E-state index contributed by atoms with van der Waals surface area (Å²) in [6, 6.07) is 10.4. The van der Waals surface area contributed by atoms with E-state index in [0.29, 0.717) is 11.6 Å². The number of amides is 3. The second-order valence-electron chi connectivity index (χ2n) is 7.63. The molecule has 2 N–H and O–H groups in total. The molecule has 0 radical (unpaired) electrons. The topological polar surface area (TPSA) is 114 Å². The average Bonchev–Trinajstić information content (AvgIpc) is 3.12. The van der Waals surface area contributed by atoms with Gasteiger partial charge in [-0.15, -0.1) is 0 Å². The predicted molar refractivity (Wildman–Crippen MR) is 108 cm³/mol. The highest BCUT2D eigenvalue weighted by Crippen LogP contribution is 2.39. The van der Waals surface area contributed by atoms with Crippen molar-refractivity contribution in [2.75, 3.05) is 28.2 Å². The Labute approximate surface area is 168 Å². The first-order chi connectivity index (χ1) is 13.9. The first-order valence-corrected chi connectivity index (χ1v) is 9.39. The van der Waals surface area contributed by atoms with Crippen LogP contribution in [0, 0.1) is 11.3 Å². The van der Waals surface area contributed by atoms with Gasteiger partial charge in [0.25, 0.3) is 5.91 Å². The number of hydrogen-bond acceptors (Lipinski definition) is 6. The molecule has 0 unspecified atom stereocenters. The molecule has 1 atom stereocenters. The van der Waals surface area contributed by atoms with E-state index >= 15 is 0 Å². The molecule has 2 aliphatic heterocycles. The van der Waals surface area contributed by atoms with Crippen LogP contribution < -0.4 is 20.4 Å². The number of anilines is 3. The maximum atomic E-state index is 13.0. The molecule has 4 rings (SSSR count). The molecule has 9 heteroatoms. The lowest BCUT2D eigenvalue weighted by Gasteiger charge is -2.35. The number of nitrogens with zero attached hydrogens (tertiary/aromatic N) is 5. The van der Waals surface area contributed by atoms with Crippen LogP contribution in [0.5, 0.6) is 0 Å². The van der Waals surface area contributed by atoms with Crippen molar-refractivity contribution in [2.24, 2.45) is 0 Å². The average molecular weight is 391 g/mol. The highest BCUT2D eigenvalue weighted by molar-refractivity contribution is 6.05. The highest BCUT2D eigenvalue weighted by atomic mass is 16.2. The van der Waals surface area contributed by atoms with Crippen molar-refractivity contribution in [2.45, 2.75) is 31.8 Å². The van der Waals surface area contributed by atoms with E-state index in [1.807, 2.05) is 6.07 Å². The molecule has 2 aromatic rings. The van der Waals surface area contributed by atoms with E-state index in [9.17, 15) is 9.59 Å².